The minimum Gasteiger partial charge on any atom is -0.337 e. The summed E-state index contributed by atoms with van der Waals surface area (Å²) in [5.41, 5.74) is 6.74. The Morgan fingerprint density at radius 1 is 0.815 bits per heavy atom. The third-order valence-corrected chi connectivity index (χ3v) is 5.32. The molecule has 0 amide bonds. The summed E-state index contributed by atoms with van der Waals surface area (Å²) in [7, 11) is 0. The van der Waals surface area contributed by atoms with E-state index in [-0.39, 0.29) is 0 Å². The van der Waals surface area contributed by atoms with E-state index in [1.165, 1.54) is 36.0 Å². The lowest BCUT2D eigenvalue weighted by Crippen LogP contribution is -2.14. The number of nitrogens with zero attached hydrogens (tertiary/aromatic N) is 2. The molecule has 1 aliphatic carbocycles. The zero-order valence-electron chi connectivity index (χ0n) is 15.1. The van der Waals surface area contributed by atoms with E-state index in [0.717, 1.165) is 22.4 Å². The average Bonchev–Trinajstić information content (AvgIpc) is 3.11. The van der Waals surface area contributed by atoms with Gasteiger partial charge < -0.3 is 4.98 Å². The quantitative estimate of drug-likeness (QED) is 0.459. The van der Waals surface area contributed by atoms with Crippen molar-refractivity contribution in [1.29, 1.82) is 0 Å². The summed E-state index contributed by atoms with van der Waals surface area (Å²) in [5, 5.41) is 0. The maximum absolute atomic E-state index is 4.90. The van der Waals surface area contributed by atoms with E-state index < -0.39 is 0 Å². The molecule has 0 atom stereocenters. The Morgan fingerprint density at radius 3 is 2.07 bits per heavy atom. The van der Waals surface area contributed by atoms with Crippen molar-refractivity contribution in [3.05, 3.63) is 78.6 Å². The molecule has 132 valence electrons. The van der Waals surface area contributed by atoms with Crippen molar-refractivity contribution in [1.82, 2.24) is 9.97 Å². The molecule has 0 radical (unpaired) electrons. The van der Waals surface area contributed by atoms with Gasteiger partial charge in [-0.2, -0.15) is 0 Å². The molecule has 0 unspecified atom stereocenters. The van der Waals surface area contributed by atoms with Crippen LogP contribution in [0.1, 0.15) is 25.1 Å². The molecule has 1 heterocycles. The normalized spacial score (nSPS) is 14.7. The zero-order valence-corrected chi connectivity index (χ0v) is 15.1. The highest BCUT2D eigenvalue weighted by atomic mass is 14.9. The molecule has 1 aromatic heterocycles. The van der Waals surface area contributed by atoms with Gasteiger partial charge >= 0.3 is 0 Å². The maximum Gasteiger partial charge on any atom is 0.149 e. The molecule has 0 bridgehead atoms. The third-order valence-electron chi connectivity index (χ3n) is 5.32. The van der Waals surface area contributed by atoms with Gasteiger partial charge in [-0.1, -0.05) is 72.8 Å². The minimum atomic E-state index is 0.473. The van der Waals surface area contributed by atoms with Gasteiger partial charge in [0, 0.05) is 11.1 Å². The summed E-state index contributed by atoms with van der Waals surface area (Å²) in [4.78, 5) is 13.1. The predicted octanol–water partition coefficient (Wildman–Crippen LogP) is 5.87. The fourth-order valence-electron chi connectivity index (χ4n) is 3.59. The van der Waals surface area contributed by atoms with E-state index in [2.05, 4.69) is 70.6 Å². The molecule has 1 aliphatic rings. The van der Waals surface area contributed by atoms with Crippen LogP contribution in [-0.2, 0) is 0 Å². The summed E-state index contributed by atoms with van der Waals surface area (Å²) in [6.07, 6.45) is 5.59. The van der Waals surface area contributed by atoms with Crippen molar-refractivity contribution < 1.29 is 0 Å². The van der Waals surface area contributed by atoms with Crippen LogP contribution in [0, 0.1) is 0 Å². The Kier molecular flexibility index (Phi) is 4.06. The van der Waals surface area contributed by atoms with Crippen LogP contribution in [0.25, 0.3) is 33.3 Å². The monoisotopic (exact) mass is 351 g/mol. The van der Waals surface area contributed by atoms with Gasteiger partial charge in [-0.05, 0) is 30.4 Å². The molecular weight excluding hydrogens is 330 g/mol. The first-order valence-electron chi connectivity index (χ1n) is 9.55. The van der Waals surface area contributed by atoms with Crippen LogP contribution in [-0.4, -0.2) is 22.2 Å². The van der Waals surface area contributed by atoms with E-state index in [0.29, 0.717) is 6.04 Å². The van der Waals surface area contributed by atoms with Crippen molar-refractivity contribution in [2.75, 3.05) is 0 Å². The molecule has 0 aliphatic heterocycles. The maximum atomic E-state index is 4.90. The van der Waals surface area contributed by atoms with Crippen molar-refractivity contribution in [2.24, 2.45) is 4.99 Å². The van der Waals surface area contributed by atoms with Crippen LogP contribution in [0.15, 0.2) is 77.8 Å². The lowest BCUT2D eigenvalue weighted by molar-refractivity contribution is 0.421. The number of aliphatic imine (C=N–C) groups is 1. The van der Waals surface area contributed by atoms with Gasteiger partial charge in [-0.3, -0.25) is 4.99 Å². The Morgan fingerprint density at radius 2 is 1.44 bits per heavy atom. The SMILES string of the molecule is C(=NC1CCC1)c1nc2c(-c3ccccc3)ccc(-c3ccccc3)c2[nH]1. The lowest BCUT2D eigenvalue weighted by atomic mass is 9.94. The molecule has 0 spiro atoms. The Hall–Kier alpha value is -3.20. The van der Waals surface area contributed by atoms with Crippen LogP contribution >= 0.6 is 0 Å². The highest BCUT2D eigenvalue weighted by Crippen LogP contribution is 2.34. The summed E-state index contributed by atoms with van der Waals surface area (Å²) in [6, 6.07) is 25.7. The first-order chi connectivity index (χ1) is 13.4. The number of hydrogen-bond donors (Lipinski definition) is 1. The number of aromatic nitrogens is 2. The van der Waals surface area contributed by atoms with Crippen molar-refractivity contribution in [2.45, 2.75) is 25.3 Å². The van der Waals surface area contributed by atoms with E-state index in [9.17, 15) is 0 Å². The van der Waals surface area contributed by atoms with Crippen molar-refractivity contribution >= 4 is 17.2 Å². The van der Waals surface area contributed by atoms with Crippen LogP contribution in [0.4, 0.5) is 0 Å². The van der Waals surface area contributed by atoms with E-state index >= 15 is 0 Å². The molecule has 4 aromatic rings. The predicted molar refractivity (Wildman–Crippen MR) is 112 cm³/mol. The molecule has 1 N–H and O–H groups in total. The lowest BCUT2D eigenvalue weighted by Gasteiger charge is -2.19. The number of aromatic amines is 1. The van der Waals surface area contributed by atoms with Crippen LogP contribution in [0.3, 0.4) is 0 Å². The van der Waals surface area contributed by atoms with E-state index in [4.69, 9.17) is 4.98 Å². The number of benzene rings is 3. The van der Waals surface area contributed by atoms with Gasteiger partial charge in [0.2, 0.25) is 0 Å². The molecule has 3 aromatic carbocycles. The highest BCUT2D eigenvalue weighted by molar-refractivity contribution is 6.02. The number of fused-ring (bicyclic) bond motifs is 1. The third kappa shape index (κ3) is 3.06. The van der Waals surface area contributed by atoms with Gasteiger partial charge in [0.15, 0.2) is 0 Å². The van der Waals surface area contributed by atoms with Crippen molar-refractivity contribution in [3.63, 3.8) is 0 Å². The largest absolute Gasteiger partial charge is 0.337 e. The second-order valence-corrected chi connectivity index (χ2v) is 7.10. The molecular formula is C24H21N3. The van der Waals surface area contributed by atoms with E-state index in [1.54, 1.807) is 0 Å². The van der Waals surface area contributed by atoms with E-state index in [1.807, 2.05) is 18.3 Å². The molecule has 3 heteroatoms. The second kappa shape index (κ2) is 6.84. The summed E-state index contributed by atoms with van der Waals surface area (Å²) in [6.45, 7) is 0. The highest BCUT2D eigenvalue weighted by Gasteiger charge is 2.16. The molecule has 27 heavy (non-hydrogen) atoms. The Bertz CT molecular complexity index is 1010. The fraction of sp³-hybridized carbons (Fsp3) is 0.167. The molecule has 0 saturated heterocycles. The number of rotatable bonds is 4. The number of nitrogens with one attached hydrogen (secondary N) is 1. The van der Waals surface area contributed by atoms with Crippen LogP contribution in [0.5, 0.6) is 0 Å². The molecule has 3 nitrogen and oxygen atoms in total. The van der Waals surface area contributed by atoms with Gasteiger partial charge in [-0.25, -0.2) is 4.98 Å². The number of imidazole rings is 1. The topological polar surface area (TPSA) is 41.0 Å². The Labute approximate surface area is 158 Å². The summed E-state index contributed by atoms with van der Waals surface area (Å²) >= 11 is 0. The summed E-state index contributed by atoms with van der Waals surface area (Å²) < 4.78 is 0. The summed E-state index contributed by atoms with van der Waals surface area (Å²) in [5.74, 6) is 0.831. The first kappa shape index (κ1) is 16.0. The van der Waals surface area contributed by atoms with Gasteiger partial charge in [0.25, 0.3) is 0 Å². The van der Waals surface area contributed by atoms with Crippen molar-refractivity contribution in [3.8, 4) is 22.3 Å². The van der Waals surface area contributed by atoms with Gasteiger partial charge in [-0.15, -0.1) is 0 Å². The molecule has 1 fully saturated rings. The van der Waals surface area contributed by atoms with Crippen LogP contribution in [0.2, 0.25) is 0 Å². The Balaban J connectivity index is 1.68. The standard InChI is InChI=1S/C24H21N3/c1-3-8-17(9-4-1)20-14-15-21(18-10-5-2-6-11-18)24-23(20)26-22(27-24)16-25-19-12-7-13-19/h1-6,8-11,14-16,19H,7,12-13H2,(H,26,27). The molecule has 5 rings (SSSR count). The van der Waals surface area contributed by atoms with Gasteiger partial charge in [0.05, 0.1) is 23.3 Å². The average molecular weight is 351 g/mol. The number of hydrogen-bond acceptors (Lipinski definition) is 2. The zero-order chi connectivity index (χ0) is 18.1. The van der Waals surface area contributed by atoms with Gasteiger partial charge in [0.1, 0.15) is 5.82 Å². The number of H-pyrrole nitrogens is 1. The van der Waals surface area contributed by atoms with Crippen LogP contribution < -0.4 is 0 Å². The minimum absolute atomic E-state index is 0.473. The first-order valence-corrected chi connectivity index (χ1v) is 9.55. The molecule has 1 saturated carbocycles. The second-order valence-electron chi connectivity index (χ2n) is 7.10. The smallest absolute Gasteiger partial charge is 0.149 e. The fourth-order valence-corrected chi connectivity index (χ4v) is 3.59.